The van der Waals surface area contributed by atoms with Gasteiger partial charge in [0.15, 0.2) is 0 Å². The quantitative estimate of drug-likeness (QED) is 0.577. The molecule has 3 heteroatoms. The molecule has 0 aromatic carbocycles. The molecule has 0 radical (unpaired) electrons. The third-order valence-corrected chi connectivity index (χ3v) is 4.46. The van der Waals surface area contributed by atoms with Crippen LogP contribution in [0.5, 0.6) is 0 Å². The zero-order valence-electron chi connectivity index (χ0n) is 10.2. The fourth-order valence-corrected chi connectivity index (χ4v) is 3.50. The molecule has 0 aromatic heterocycles. The molecule has 3 rings (SSSR count). The summed E-state index contributed by atoms with van der Waals surface area (Å²) >= 11 is 0. The van der Waals surface area contributed by atoms with Crippen LogP contribution >= 0.6 is 0 Å². The van der Waals surface area contributed by atoms with E-state index in [0.29, 0.717) is 12.3 Å². The van der Waals surface area contributed by atoms with Crippen LogP contribution in [0.25, 0.3) is 0 Å². The van der Waals surface area contributed by atoms with Gasteiger partial charge in [-0.05, 0) is 44.1 Å². The van der Waals surface area contributed by atoms with Crippen molar-refractivity contribution >= 4 is 5.97 Å². The molecule has 1 saturated carbocycles. The largest absolute Gasteiger partial charge is 0.469 e. The van der Waals surface area contributed by atoms with E-state index in [1.165, 1.54) is 12.7 Å². The lowest BCUT2D eigenvalue weighted by Crippen LogP contribution is -2.52. The summed E-state index contributed by atoms with van der Waals surface area (Å²) in [6.45, 7) is 4.09. The first-order valence-electron chi connectivity index (χ1n) is 6.05. The molecule has 0 spiro atoms. The minimum atomic E-state index is -0.937. The van der Waals surface area contributed by atoms with Crippen molar-refractivity contribution in [3.63, 3.8) is 0 Å². The van der Waals surface area contributed by atoms with Gasteiger partial charge in [-0.15, -0.1) is 0 Å². The Labute approximate surface area is 96.5 Å². The minimum Gasteiger partial charge on any atom is -0.469 e. The van der Waals surface area contributed by atoms with Gasteiger partial charge < -0.3 is 9.84 Å². The summed E-state index contributed by atoms with van der Waals surface area (Å²) in [5, 5.41) is 10.7. The van der Waals surface area contributed by atoms with Crippen LogP contribution in [0.4, 0.5) is 0 Å². The van der Waals surface area contributed by atoms with Gasteiger partial charge in [0, 0.05) is 0 Å². The van der Waals surface area contributed by atoms with Gasteiger partial charge in [0.25, 0.3) is 0 Å². The number of carbonyl (C=O) groups excluding carboxylic acids is 1. The van der Waals surface area contributed by atoms with Crippen LogP contribution in [0.3, 0.4) is 0 Å². The van der Waals surface area contributed by atoms with E-state index in [4.69, 9.17) is 4.74 Å². The lowest BCUT2D eigenvalue weighted by Gasteiger charge is -2.49. The molecular formula is C13H20O3. The second-order valence-corrected chi connectivity index (χ2v) is 4.98. The fraction of sp³-hybridized carbons (Fsp3) is 0.769. The lowest BCUT2D eigenvalue weighted by atomic mass is 9.59. The van der Waals surface area contributed by atoms with Gasteiger partial charge in [0.05, 0.1) is 18.6 Å². The fourth-order valence-electron chi connectivity index (χ4n) is 3.50. The highest BCUT2D eigenvalue weighted by molar-refractivity contribution is 5.75. The highest BCUT2D eigenvalue weighted by Crippen LogP contribution is 2.52. The Kier molecular flexibility index (Phi) is 2.82. The summed E-state index contributed by atoms with van der Waals surface area (Å²) in [5.41, 5.74) is 1.44. The topological polar surface area (TPSA) is 46.5 Å². The second kappa shape index (κ2) is 3.88. The van der Waals surface area contributed by atoms with Gasteiger partial charge in [-0.25, -0.2) is 0 Å². The van der Waals surface area contributed by atoms with Crippen molar-refractivity contribution in [3.8, 4) is 0 Å². The van der Waals surface area contributed by atoms with Crippen molar-refractivity contribution in [1.82, 2.24) is 0 Å². The summed E-state index contributed by atoms with van der Waals surface area (Å²) in [5.74, 6) is -0.142. The smallest absolute Gasteiger partial charge is 0.311 e. The number of rotatable bonds is 2. The van der Waals surface area contributed by atoms with E-state index < -0.39 is 5.60 Å². The first-order chi connectivity index (χ1) is 7.54. The third-order valence-electron chi connectivity index (χ3n) is 4.46. The van der Waals surface area contributed by atoms with E-state index in [2.05, 4.69) is 6.92 Å². The zero-order chi connectivity index (χ0) is 11.9. The Morgan fingerprint density at radius 3 is 2.88 bits per heavy atom. The molecule has 3 aliphatic rings. The number of hydrogen-bond donors (Lipinski definition) is 1. The maximum absolute atomic E-state index is 11.7. The Hall–Kier alpha value is -0.830. The van der Waals surface area contributed by atoms with E-state index >= 15 is 0 Å². The molecule has 2 bridgehead atoms. The molecule has 1 fully saturated rings. The van der Waals surface area contributed by atoms with Crippen LogP contribution in [0, 0.1) is 11.8 Å². The molecule has 0 aromatic rings. The maximum Gasteiger partial charge on any atom is 0.311 e. The molecule has 0 amide bonds. The highest BCUT2D eigenvalue weighted by Gasteiger charge is 2.52. The van der Waals surface area contributed by atoms with E-state index in [9.17, 15) is 9.90 Å². The summed E-state index contributed by atoms with van der Waals surface area (Å²) in [7, 11) is 1.40. The zero-order valence-corrected chi connectivity index (χ0v) is 10.2. The Morgan fingerprint density at radius 1 is 1.62 bits per heavy atom. The van der Waals surface area contributed by atoms with Gasteiger partial charge in [-0.1, -0.05) is 12.5 Å². The standard InChI is InChI=1S/C13H20O3/c1-4-10-8(2)13(15)6-5-9(10)7-11(13)12(14)16-3/h9,11,15H,4-7H2,1-3H3/t9-,11+,13+/m1/s1. The molecule has 3 nitrogen and oxygen atoms in total. The van der Waals surface area contributed by atoms with Crippen molar-refractivity contribution in [2.45, 2.75) is 45.1 Å². The number of methoxy groups -OCH3 is 1. The highest BCUT2D eigenvalue weighted by atomic mass is 16.5. The molecule has 0 saturated heterocycles. The number of ether oxygens (including phenoxy) is 1. The SMILES string of the molecule is CCC1=C(C)[C@@]2(O)CC[C@@H]1C[C@H]2C(=O)OC. The number of esters is 1. The van der Waals surface area contributed by atoms with Crippen molar-refractivity contribution in [2.24, 2.45) is 11.8 Å². The van der Waals surface area contributed by atoms with Crippen molar-refractivity contribution in [1.29, 1.82) is 0 Å². The number of hydrogen-bond acceptors (Lipinski definition) is 3. The molecule has 3 atom stereocenters. The molecule has 3 aliphatic carbocycles. The minimum absolute atomic E-state index is 0.262. The predicted molar refractivity (Wildman–Crippen MR) is 60.8 cm³/mol. The molecule has 16 heavy (non-hydrogen) atoms. The van der Waals surface area contributed by atoms with Crippen molar-refractivity contribution in [3.05, 3.63) is 11.1 Å². The predicted octanol–water partition coefficient (Wildman–Crippen LogP) is 2.05. The number of aliphatic hydroxyl groups is 1. The molecule has 0 heterocycles. The second-order valence-electron chi connectivity index (χ2n) is 4.98. The molecular weight excluding hydrogens is 204 g/mol. The first kappa shape index (κ1) is 11.6. The number of carbonyl (C=O) groups is 1. The molecule has 1 N–H and O–H groups in total. The average molecular weight is 224 g/mol. The van der Waals surface area contributed by atoms with Gasteiger partial charge >= 0.3 is 5.97 Å². The number of fused-ring (bicyclic) bond motifs is 2. The normalized spacial score (nSPS) is 37.8. The van der Waals surface area contributed by atoms with Crippen molar-refractivity contribution in [2.75, 3.05) is 7.11 Å². The van der Waals surface area contributed by atoms with Gasteiger partial charge in [-0.2, -0.15) is 0 Å². The van der Waals surface area contributed by atoms with Crippen LogP contribution in [0.15, 0.2) is 11.1 Å². The Morgan fingerprint density at radius 2 is 2.31 bits per heavy atom. The van der Waals surface area contributed by atoms with Gasteiger partial charge in [0.1, 0.15) is 0 Å². The van der Waals surface area contributed by atoms with Crippen LogP contribution in [0.1, 0.15) is 39.5 Å². The summed E-state index contributed by atoms with van der Waals surface area (Å²) in [6, 6.07) is 0. The molecule has 0 unspecified atom stereocenters. The average Bonchev–Trinajstić information content (AvgIpc) is 2.30. The van der Waals surface area contributed by atoms with E-state index in [1.54, 1.807) is 0 Å². The summed E-state index contributed by atoms with van der Waals surface area (Å²) < 4.78 is 4.80. The third kappa shape index (κ3) is 1.41. The van der Waals surface area contributed by atoms with Crippen LogP contribution in [-0.2, 0) is 9.53 Å². The van der Waals surface area contributed by atoms with E-state index in [1.807, 2.05) is 6.92 Å². The number of allylic oxidation sites excluding steroid dienone is 1. The molecule has 90 valence electrons. The summed E-state index contributed by atoms with van der Waals surface area (Å²) in [4.78, 5) is 11.7. The van der Waals surface area contributed by atoms with E-state index in [0.717, 1.165) is 24.8 Å². The monoisotopic (exact) mass is 224 g/mol. The lowest BCUT2D eigenvalue weighted by molar-refractivity contribution is -0.159. The molecule has 0 aliphatic heterocycles. The van der Waals surface area contributed by atoms with Gasteiger partial charge in [-0.3, -0.25) is 4.79 Å². The van der Waals surface area contributed by atoms with Crippen LogP contribution in [0.2, 0.25) is 0 Å². The Balaban J connectivity index is 2.40. The van der Waals surface area contributed by atoms with Gasteiger partial charge in [0.2, 0.25) is 0 Å². The van der Waals surface area contributed by atoms with Crippen molar-refractivity contribution < 1.29 is 14.6 Å². The summed E-state index contributed by atoms with van der Waals surface area (Å²) in [6.07, 6.45) is 3.44. The Bertz CT molecular complexity index is 345. The maximum atomic E-state index is 11.7. The van der Waals surface area contributed by atoms with Crippen LogP contribution in [-0.4, -0.2) is 23.8 Å². The van der Waals surface area contributed by atoms with E-state index in [-0.39, 0.29) is 11.9 Å². The van der Waals surface area contributed by atoms with Crippen LogP contribution < -0.4 is 0 Å². The first-order valence-corrected chi connectivity index (χ1v) is 6.05.